The van der Waals surface area contributed by atoms with E-state index in [9.17, 15) is 18.5 Å². The lowest BCUT2D eigenvalue weighted by Crippen LogP contribution is -2.29. The summed E-state index contributed by atoms with van der Waals surface area (Å²) >= 11 is 0. The summed E-state index contributed by atoms with van der Waals surface area (Å²) in [5, 5.41) is 10.6. The zero-order valence-corrected chi connectivity index (χ0v) is 13.2. The molecule has 1 rings (SSSR count). The molecule has 8 nitrogen and oxygen atoms in total. The zero-order chi connectivity index (χ0) is 15.3. The summed E-state index contributed by atoms with van der Waals surface area (Å²) in [5.74, 6) is -0.0764. The molecule has 0 radical (unpaired) electrons. The molecule has 0 saturated heterocycles. The van der Waals surface area contributed by atoms with Crippen molar-refractivity contribution in [1.29, 1.82) is 0 Å². The molecular weight excluding hydrogens is 322 g/mol. The van der Waals surface area contributed by atoms with Gasteiger partial charge in [0.2, 0.25) is 10.0 Å². The Labute approximate surface area is 129 Å². The van der Waals surface area contributed by atoms with Crippen LogP contribution in [0.4, 0.5) is 5.69 Å². The maximum Gasteiger partial charge on any atom is 0.273 e. The van der Waals surface area contributed by atoms with Gasteiger partial charge in [-0.2, -0.15) is 0 Å². The van der Waals surface area contributed by atoms with Gasteiger partial charge in [0.1, 0.15) is 10.6 Å². The molecule has 0 bridgehead atoms. The first-order valence-corrected chi connectivity index (χ1v) is 7.34. The summed E-state index contributed by atoms with van der Waals surface area (Å²) in [5.41, 5.74) is 5.30. The summed E-state index contributed by atoms with van der Waals surface area (Å²) in [6.07, 6.45) is 0.481. The Kier molecular flexibility index (Phi) is 7.58. The van der Waals surface area contributed by atoms with Gasteiger partial charge >= 0.3 is 0 Å². The van der Waals surface area contributed by atoms with Crippen molar-refractivity contribution in [3.05, 3.63) is 28.3 Å². The predicted molar refractivity (Wildman–Crippen MR) is 80.4 cm³/mol. The van der Waals surface area contributed by atoms with E-state index in [0.717, 1.165) is 18.2 Å². The van der Waals surface area contributed by atoms with Gasteiger partial charge in [0, 0.05) is 18.7 Å². The Balaban J connectivity index is 0.00000400. The first-order chi connectivity index (χ1) is 9.27. The van der Waals surface area contributed by atoms with E-state index < -0.39 is 14.9 Å². The number of non-ortho nitro benzene ring substituents is 1. The fraction of sp³-hybridized carbons (Fsp3) is 0.455. The Morgan fingerprint density at radius 2 is 2.10 bits per heavy atom. The summed E-state index contributed by atoms with van der Waals surface area (Å²) in [6, 6.07) is 3.20. The lowest BCUT2D eigenvalue weighted by atomic mass is 10.3. The third-order valence-corrected chi connectivity index (χ3v) is 4.04. The third kappa shape index (κ3) is 5.46. The molecule has 1 unspecified atom stereocenters. The summed E-state index contributed by atoms with van der Waals surface area (Å²) in [6.45, 7) is 1.95. The molecule has 0 amide bonds. The van der Waals surface area contributed by atoms with Crippen LogP contribution in [-0.4, -0.2) is 33.0 Å². The molecule has 120 valence electrons. The van der Waals surface area contributed by atoms with Crippen molar-refractivity contribution < 1.29 is 18.1 Å². The highest BCUT2D eigenvalue weighted by molar-refractivity contribution is 7.89. The van der Waals surface area contributed by atoms with Crippen LogP contribution >= 0.6 is 12.4 Å². The van der Waals surface area contributed by atoms with Crippen LogP contribution in [0.3, 0.4) is 0 Å². The second-order valence-corrected chi connectivity index (χ2v) is 5.99. The molecular formula is C11H18ClN3O5S. The first kappa shape index (κ1) is 19.6. The number of methoxy groups -OCH3 is 1. The average Bonchev–Trinajstić information content (AvgIpc) is 2.37. The number of nitrogens with one attached hydrogen (secondary N) is 1. The lowest BCUT2D eigenvalue weighted by molar-refractivity contribution is -0.385. The summed E-state index contributed by atoms with van der Waals surface area (Å²) in [4.78, 5) is 9.88. The Hall–Kier alpha value is -1.42. The lowest BCUT2D eigenvalue weighted by Gasteiger charge is -2.11. The number of benzene rings is 1. The number of nitrogens with two attached hydrogens (primary N) is 1. The molecule has 0 saturated carbocycles. The minimum Gasteiger partial charge on any atom is -0.495 e. The fourth-order valence-corrected chi connectivity index (χ4v) is 2.69. The molecule has 0 spiro atoms. The van der Waals surface area contributed by atoms with E-state index in [0.29, 0.717) is 6.42 Å². The van der Waals surface area contributed by atoms with Gasteiger partial charge < -0.3 is 10.5 Å². The molecule has 3 N–H and O–H groups in total. The van der Waals surface area contributed by atoms with Crippen molar-refractivity contribution in [2.24, 2.45) is 5.73 Å². The van der Waals surface area contributed by atoms with Crippen molar-refractivity contribution in [2.75, 3.05) is 13.7 Å². The highest BCUT2D eigenvalue weighted by Crippen LogP contribution is 2.28. The van der Waals surface area contributed by atoms with Crippen LogP contribution in [0.2, 0.25) is 0 Å². The number of hydrogen-bond donors (Lipinski definition) is 2. The third-order valence-electron chi connectivity index (χ3n) is 2.54. The van der Waals surface area contributed by atoms with Gasteiger partial charge in [0.15, 0.2) is 0 Å². The molecule has 1 atom stereocenters. The number of halogens is 1. The van der Waals surface area contributed by atoms with Crippen molar-refractivity contribution in [3.8, 4) is 5.75 Å². The van der Waals surface area contributed by atoms with Gasteiger partial charge in [-0.15, -0.1) is 12.4 Å². The summed E-state index contributed by atoms with van der Waals surface area (Å²) in [7, 11) is -2.54. The number of sulfonamides is 1. The molecule has 1 aromatic rings. The van der Waals surface area contributed by atoms with E-state index in [4.69, 9.17) is 10.5 Å². The molecule has 0 heterocycles. The van der Waals surface area contributed by atoms with Gasteiger partial charge in [-0.1, -0.05) is 0 Å². The monoisotopic (exact) mass is 339 g/mol. The van der Waals surface area contributed by atoms with Crippen LogP contribution in [0.1, 0.15) is 13.3 Å². The highest BCUT2D eigenvalue weighted by Gasteiger charge is 2.21. The van der Waals surface area contributed by atoms with Crippen LogP contribution < -0.4 is 15.2 Å². The van der Waals surface area contributed by atoms with Crippen LogP contribution in [0.15, 0.2) is 23.1 Å². The largest absolute Gasteiger partial charge is 0.495 e. The SMILES string of the molecule is COc1cc([N+](=O)[O-])ccc1S(=O)(=O)NCCC(C)N.Cl. The minimum absolute atomic E-state index is 0. The van der Waals surface area contributed by atoms with Gasteiger partial charge in [-0.3, -0.25) is 10.1 Å². The van der Waals surface area contributed by atoms with Gasteiger partial charge in [-0.25, -0.2) is 13.1 Å². The highest BCUT2D eigenvalue weighted by atomic mass is 35.5. The fourth-order valence-electron chi connectivity index (χ4n) is 1.49. The Morgan fingerprint density at radius 3 is 2.57 bits per heavy atom. The van der Waals surface area contributed by atoms with E-state index in [2.05, 4.69) is 4.72 Å². The Bertz CT molecular complexity index is 592. The Morgan fingerprint density at radius 1 is 1.48 bits per heavy atom. The first-order valence-electron chi connectivity index (χ1n) is 5.85. The topological polar surface area (TPSA) is 125 Å². The van der Waals surface area contributed by atoms with Crippen LogP contribution in [-0.2, 0) is 10.0 Å². The van der Waals surface area contributed by atoms with Crippen LogP contribution in [0, 0.1) is 10.1 Å². The predicted octanol–water partition coefficient (Wildman–Crippen LogP) is 1.04. The maximum atomic E-state index is 12.1. The second-order valence-electron chi connectivity index (χ2n) is 4.26. The smallest absolute Gasteiger partial charge is 0.273 e. The van der Waals surface area contributed by atoms with E-state index in [1.165, 1.54) is 7.11 Å². The number of hydrogen-bond acceptors (Lipinski definition) is 6. The normalized spacial score (nSPS) is 12.3. The van der Waals surface area contributed by atoms with Crippen molar-refractivity contribution in [3.63, 3.8) is 0 Å². The molecule has 0 fully saturated rings. The quantitative estimate of drug-likeness (QED) is 0.565. The minimum atomic E-state index is -3.79. The van der Waals surface area contributed by atoms with Crippen LogP contribution in [0.25, 0.3) is 0 Å². The molecule has 0 aliphatic carbocycles. The van der Waals surface area contributed by atoms with E-state index in [1.807, 2.05) is 0 Å². The van der Waals surface area contributed by atoms with E-state index in [1.54, 1.807) is 6.92 Å². The molecule has 0 aliphatic rings. The number of rotatable bonds is 7. The van der Waals surface area contributed by atoms with E-state index in [-0.39, 0.29) is 41.3 Å². The van der Waals surface area contributed by atoms with Crippen molar-refractivity contribution in [2.45, 2.75) is 24.3 Å². The number of nitro groups is 1. The number of ether oxygens (including phenoxy) is 1. The van der Waals surface area contributed by atoms with Crippen molar-refractivity contribution in [1.82, 2.24) is 4.72 Å². The summed E-state index contributed by atoms with van der Waals surface area (Å²) < 4.78 is 31.4. The molecule has 1 aromatic carbocycles. The van der Waals surface area contributed by atoms with Gasteiger partial charge in [0.25, 0.3) is 5.69 Å². The van der Waals surface area contributed by atoms with E-state index >= 15 is 0 Å². The van der Waals surface area contributed by atoms with Crippen molar-refractivity contribution >= 4 is 28.1 Å². The molecule has 10 heteroatoms. The number of nitro benzene ring substituents is 1. The van der Waals surface area contributed by atoms with Crippen LogP contribution in [0.5, 0.6) is 5.75 Å². The number of nitrogens with zero attached hydrogens (tertiary/aromatic N) is 1. The average molecular weight is 340 g/mol. The van der Waals surface area contributed by atoms with Gasteiger partial charge in [-0.05, 0) is 19.4 Å². The zero-order valence-electron chi connectivity index (χ0n) is 11.6. The standard InChI is InChI=1S/C11H17N3O5S.ClH/c1-8(12)5-6-13-20(17,18)11-4-3-9(14(15)16)7-10(11)19-2;/h3-4,7-8,13H,5-6,12H2,1-2H3;1H. The molecule has 21 heavy (non-hydrogen) atoms. The maximum absolute atomic E-state index is 12.1. The molecule has 0 aromatic heterocycles. The second kappa shape index (κ2) is 8.13. The van der Waals surface area contributed by atoms with Gasteiger partial charge in [0.05, 0.1) is 18.1 Å². The molecule has 0 aliphatic heterocycles.